The van der Waals surface area contributed by atoms with Crippen molar-refractivity contribution < 1.29 is 4.42 Å². The Balaban J connectivity index is 0.985. The second-order valence-corrected chi connectivity index (χ2v) is 16.0. The Morgan fingerprint density at radius 2 is 1.02 bits per heavy atom. The predicted molar refractivity (Wildman–Crippen MR) is 241 cm³/mol. The third-order valence-corrected chi connectivity index (χ3v) is 12.3. The molecule has 11 aromatic rings. The quantitative estimate of drug-likeness (QED) is 0.175. The molecule has 0 spiro atoms. The maximum absolute atomic E-state index is 6.62. The SMILES string of the molecule is CC1(C)c2ccccc2-c2cc3c(cc21)c1ccccc1n3-c1ccc(-c2nc(-c3ccccc3)nc(-c3ccc4c(c3)oc3c(-c5ccccc5)cccc34)n2)cc1. The molecule has 59 heavy (non-hydrogen) atoms. The number of nitrogens with zero attached hydrogens (tertiary/aromatic N) is 4. The van der Waals surface area contributed by atoms with Gasteiger partial charge in [0.1, 0.15) is 11.2 Å². The predicted octanol–water partition coefficient (Wildman–Crippen LogP) is 13.8. The second kappa shape index (κ2) is 12.7. The van der Waals surface area contributed by atoms with Crippen LogP contribution in [0.2, 0.25) is 0 Å². The van der Waals surface area contributed by atoms with Crippen LogP contribution in [0.3, 0.4) is 0 Å². The van der Waals surface area contributed by atoms with Crippen molar-refractivity contribution in [1.29, 1.82) is 0 Å². The molecule has 0 amide bonds. The Kier molecular flexibility index (Phi) is 7.20. The Bertz CT molecular complexity index is 3450. The summed E-state index contributed by atoms with van der Waals surface area (Å²) >= 11 is 0. The number of furan rings is 1. The second-order valence-electron chi connectivity index (χ2n) is 16.0. The van der Waals surface area contributed by atoms with Gasteiger partial charge in [-0.05, 0) is 82.4 Å². The van der Waals surface area contributed by atoms with Crippen LogP contribution >= 0.6 is 0 Å². The monoisotopic (exact) mass is 756 g/mol. The average molecular weight is 757 g/mol. The van der Waals surface area contributed by atoms with E-state index in [1.54, 1.807) is 0 Å². The largest absolute Gasteiger partial charge is 0.455 e. The van der Waals surface area contributed by atoms with E-state index in [1.165, 1.54) is 44.1 Å². The lowest BCUT2D eigenvalue weighted by atomic mass is 9.82. The first-order valence-electron chi connectivity index (χ1n) is 20.1. The van der Waals surface area contributed by atoms with Crippen LogP contribution in [-0.2, 0) is 5.41 Å². The summed E-state index contributed by atoms with van der Waals surface area (Å²) < 4.78 is 9.01. The minimum Gasteiger partial charge on any atom is -0.455 e. The molecule has 12 rings (SSSR count). The summed E-state index contributed by atoms with van der Waals surface area (Å²) in [6.07, 6.45) is 0. The van der Waals surface area contributed by atoms with Crippen molar-refractivity contribution in [1.82, 2.24) is 19.5 Å². The molecule has 3 aromatic heterocycles. The molecule has 0 bridgehead atoms. The van der Waals surface area contributed by atoms with Gasteiger partial charge >= 0.3 is 0 Å². The van der Waals surface area contributed by atoms with Crippen LogP contribution in [0.15, 0.2) is 186 Å². The van der Waals surface area contributed by atoms with Crippen molar-refractivity contribution in [2.75, 3.05) is 0 Å². The van der Waals surface area contributed by atoms with Crippen molar-refractivity contribution in [2.24, 2.45) is 0 Å². The Morgan fingerprint density at radius 1 is 0.407 bits per heavy atom. The lowest BCUT2D eigenvalue weighted by molar-refractivity contribution is 0.661. The lowest BCUT2D eigenvalue weighted by Gasteiger charge is -2.21. The van der Waals surface area contributed by atoms with Gasteiger partial charge in [0.05, 0.1) is 11.0 Å². The van der Waals surface area contributed by atoms with E-state index >= 15 is 0 Å². The summed E-state index contributed by atoms with van der Waals surface area (Å²) in [4.78, 5) is 15.2. The minimum atomic E-state index is -0.0727. The minimum absolute atomic E-state index is 0.0727. The molecule has 1 aliphatic carbocycles. The van der Waals surface area contributed by atoms with Crippen molar-refractivity contribution >= 4 is 43.7 Å². The van der Waals surface area contributed by atoms with E-state index in [-0.39, 0.29) is 5.41 Å². The number of hydrogen-bond donors (Lipinski definition) is 0. The van der Waals surface area contributed by atoms with Crippen molar-refractivity contribution in [3.05, 3.63) is 193 Å². The highest BCUT2D eigenvalue weighted by Gasteiger charge is 2.36. The van der Waals surface area contributed by atoms with Gasteiger partial charge in [0.15, 0.2) is 17.5 Å². The molecule has 0 unspecified atom stereocenters. The molecule has 0 fully saturated rings. The maximum Gasteiger partial charge on any atom is 0.164 e. The normalized spacial score (nSPS) is 13.1. The molecule has 278 valence electrons. The van der Waals surface area contributed by atoms with Crippen LogP contribution in [-0.4, -0.2) is 19.5 Å². The summed E-state index contributed by atoms with van der Waals surface area (Å²) in [7, 11) is 0. The van der Waals surface area contributed by atoms with Gasteiger partial charge in [-0.2, -0.15) is 0 Å². The zero-order valence-electron chi connectivity index (χ0n) is 32.5. The number of rotatable bonds is 5. The summed E-state index contributed by atoms with van der Waals surface area (Å²) in [5, 5.41) is 4.64. The summed E-state index contributed by atoms with van der Waals surface area (Å²) in [5.41, 5.74) is 15.3. The number of aromatic nitrogens is 4. The molecule has 0 saturated heterocycles. The number of para-hydroxylation sites is 2. The van der Waals surface area contributed by atoms with Crippen LogP contribution in [0.1, 0.15) is 25.0 Å². The first-order chi connectivity index (χ1) is 29.0. The van der Waals surface area contributed by atoms with Gasteiger partial charge in [0.25, 0.3) is 0 Å². The number of benzene rings is 8. The number of fused-ring (bicyclic) bond motifs is 9. The first kappa shape index (κ1) is 33.5. The third-order valence-electron chi connectivity index (χ3n) is 12.3. The highest BCUT2D eigenvalue weighted by atomic mass is 16.3. The molecule has 8 aromatic carbocycles. The van der Waals surface area contributed by atoms with Crippen molar-refractivity contribution in [3.8, 4) is 62.1 Å². The lowest BCUT2D eigenvalue weighted by Crippen LogP contribution is -2.14. The third kappa shape index (κ3) is 5.14. The molecular weight excluding hydrogens is 721 g/mol. The van der Waals surface area contributed by atoms with Gasteiger partial charge < -0.3 is 8.98 Å². The van der Waals surface area contributed by atoms with Gasteiger partial charge in [-0.25, -0.2) is 15.0 Å². The summed E-state index contributed by atoms with van der Waals surface area (Å²) in [6.45, 7) is 4.69. The van der Waals surface area contributed by atoms with E-state index in [0.717, 1.165) is 55.4 Å². The molecule has 0 atom stereocenters. The smallest absolute Gasteiger partial charge is 0.164 e. The van der Waals surface area contributed by atoms with Gasteiger partial charge in [0, 0.05) is 54.9 Å². The topological polar surface area (TPSA) is 56.7 Å². The molecule has 3 heterocycles. The fourth-order valence-corrected chi connectivity index (χ4v) is 9.33. The molecule has 5 heteroatoms. The van der Waals surface area contributed by atoms with Crippen LogP contribution in [0, 0.1) is 0 Å². The van der Waals surface area contributed by atoms with Crippen molar-refractivity contribution in [2.45, 2.75) is 19.3 Å². The van der Waals surface area contributed by atoms with Gasteiger partial charge in [0.2, 0.25) is 0 Å². The van der Waals surface area contributed by atoms with Crippen LogP contribution in [0.25, 0.3) is 106 Å². The van der Waals surface area contributed by atoms with Gasteiger partial charge in [-0.15, -0.1) is 0 Å². The van der Waals surface area contributed by atoms with Crippen molar-refractivity contribution in [3.63, 3.8) is 0 Å². The highest BCUT2D eigenvalue weighted by Crippen LogP contribution is 2.51. The van der Waals surface area contributed by atoms with E-state index in [2.05, 4.69) is 164 Å². The van der Waals surface area contributed by atoms with E-state index in [0.29, 0.717) is 17.5 Å². The first-order valence-corrected chi connectivity index (χ1v) is 20.1. The van der Waals surface area contributed by atoms with Crippen LogP contribution in [0.4, 0.5) is 0 Å². The molecule has 0 N–H and O–H groups in total. The zero-order chi connectivity index (χ0) is 39.2. The Hall–Kier alpha value is -7.63. The molecule has 1 aliphatic rings. The Labute approximate surface area is 340 Å². The fourth-order valence-electron chi connectivity index (χ4n) is 9.33. The molecule has 0 radical (unpaired) electrons. The van der Waals surface area contributed by atoms with Crippen LogP contribution < -0.4 is 0 Å². The van der Waals surface area contributed by atoms with E-state index in [1.807, 2.05) is 36.4 Å². The molecule has 0 aliphatic heterocycles. The van der Waals surface area contributed by atoms with E-state index in [9.17, 15) is 0 Å². The molecule has 0 saturated carbocycles. The standard InChI is InChI=1S/C54H36N4O/c1-54(2)45-22-11-9-18-39(45)43-32-48-44(31-46(43)54)40-19-10-12-23-47(40)58(48)37-27-24-35(25-28-37)52-55-51(34-16-7-4-8-17-34)56-53(57-52)36-26-29-41-42-21-13-20-38(33-14-5-3-6-15-33)50(42)59-49(41)30-36/h3-32H,1-2H3. The number of hydrogen-bond acceptors (Lipinski definition) is 4. The van der Waals surface area contributed by atoms with Gasteiger partial charge in [-0.1, -0.05) is 141 Å². The van der Waals surface area contributed by atoms with E-state index in [4.69, 9.17) is 19.4 Å². The Morgan fingerprint density at radius 3 is 1.80 bits per heavy atom. The maximum atomic E-state index is 6.62. The molecular formula is C54H36N4O. The summed E-state index contributed by atoms with van der Waals surface area (Å²) in [6, 6.07) is 64.1. The zero-order valence-corrected chi connectivity index (χ0v) is 32.5. The van der Waals surface area contributed by atoms with Gasteiger partial charge in [-0.3, -0.25) is 0 Å². The fraction of sp³-hybridized carbons (Fsp3) is 0.0556. The van der Waals surface area contributed by atoms with E-state index < -0.39 is 0 Å². The average Bonchev–Trinajstić information content (AvgIpc) is 3.91. The summed E-state index contributed by atoms with van der Waals surface area (Å²) in [5.74, 6) is 1.81. The molecule has 5 nitrogen and oxygen atoms in total. The van der Waals surface area contributed by atoms with Crippen LogP contribution in [0.5, 0.6) is 0 Å². The highest BCUT2D eigenvalue weighted by molar-refractivity contribution is 6.12.